The summed E-state index contributed by atoms with van der Waals surface area (Å²) in [6.07, 6.45) is 0. The van der Waals surface area contributed by atoms with Gasteiger partial charge >= 0.3 is 5.97 Å². The van der Waals surface area contributed by atoms with Crippen LogP contribution in [0.25, 0.3) is 10.9 Å². The number of fused-ring (bicyclic) bond motifs is 1. The maximum absolute atomic E-state index is 13.2. The second-order valence-electron chi connectivity index (χ2n) is 5.49. The molecule has 116 valence electrons. The summed E-state index contributed by atoms with van der Waals surface area (Å²) in [5.74, 6) is -2.24. The van der Waals surface area contributed by atoms with E-state index in [4.69, 9.17) is 5.11 Å². The summed E-state index contributed by atoms with van der Waals surface area (Å²) in [6.45, 7) is 5.06. The van der Waals surface area contributed by atoms with Gasteiger partial charge in [-0.25, -0.2) is 9.18 Å². The highest BCUT2D eigenvalue weighted by Gasteiger charge is 2.25. The number of halogens is 1. The fraction of sp³-hybridized carbons (Fsp3) is 0.312. The van der Waals surface area contributed by atoms with Gasteiger partial charge in [0.2, 0.25) is 0 Å². The van der Waals surface area contributed by atoms with Crippen LogP contribution in [0.1, 0.15) is 29.9 Å². The van der Waals surface area contributed by atoms with Gasteiger partial charge in [0.1, 0.15) is 11.9 Å². The Morgan fingerprint density at radius 3 is 2.55 bits per heavy atom. The number of aromatic nitrogens is 1. The maximum atomic E-state index is 13.2. The highest BCUT2D eigenvalue weighted by atomic mass is 19.1. The molecule has 1 unspecified atom stereocenters. The van der Waals surface area contributed by atoms with E-state index in [1.54, 1.807) is 26.8 Å². The van der Waals surface area contributed by atoms with Crippen LogP contribution < -0.4 is 5.32 Å². The molecule has 0 saturated carbocycles. The van der Waals surface area contributed by atoms with Crippen LogP contribution >= 0.6 is 0 Å². The Labute approximate surface area is 127 Å². The average Bonchev–Trinajstić information content (AvgIpc) is 2.42. The number of benzene rings is 1. The second kappa shape index (κ2) is 6.09. The van der Waals surface area contributed by atoms with Crippen LogP contribution in [0.15, 0.2) is 24.3 Å². The summed E-state index contributed by atoms with van der Waals surface area (Å²) in [5.41, 5.74) is 1.15. The number of carbonyl (C=O) groups excluding carboxylic acids is 1. The number of nitrogens with one attached hydrogen (secondary N) is 1. The number of nitrogens with zero attached hydrogens (tertiary/aromatic N) is 1. The minimum atomic E-state index is -1.09. The molecule has 2 N–H and O–H groups in total. The first-order valence-electron chi connectivity index (χ1n) is 6.90. The van der Waals surface area contributed by atoms with E-state index in [-0.39, 0.29) is 11.5 Å². The number of carboxylic acid groups (broad SMARTS) is 1. The predicted octanol–water partition coefficient (Wildman–Crippen LogP) is 2.52. The van der Waals surface area contributed by atoms with E-state index in [0.29, 0.717) is 16.6 Å². The molecule has 6 heteroatoms. The summed E-state index contributed by atoms with van der Waals surface area (Å²) in [4.78, 5) is 27.7. The van der Waals surface area contributed by atoms with Gasteiger partial charge in [-0.1, -0.05) is 13.8 Å². The minimum Gasteiger partial charge on any atom is -0.480 e. The Bertz CT molecular complexity index is 743. The summed E-state index contributed by atoms with van der Waals surface area (Å²) < 4.78 is 13.2. The van der Waals surface area contributed by atoms with E-state index in [1.165, 1.54) is 18.2 Å². The third kappa shape index (κ3) is 3.21. The molecule has 1 aromatic carbocycles. The molecule has 0 fully saturated rings. The van der Waals surface area contributed by atoms with Gasteiger partial charge in [0, 0.05) is 11.5 Å². The van der Waals surface area contributed by atoms with Crippen molar-refractivity contribution in [1.82, 2.24) is 10.3 Å². The summed E-state index contributed by atoms with van der Waals surface area (Å²) >= 11 is 0. The second-order valence-corrected chi connectivity index (χ2v) is 5.49. The molecular weight excluding hydrogens is 287 g/mol. The minimum absolute atomic E-state index is 0.246. The fourth-order valence-electron chi connectivity index (χ4n) is 2.20. The van der Waals surface area contributed by atoms with Crippen molar-refractivity contribution in [2.45, 2.75) is 26.8 Å². The molecule has 1 amide bonds. The number of hydrogen-bond donors (Lipinski definition) is 2. The topological polar surface area (TPSA) is 79.3 Å². The van der Waals surface area contributed by atoms with Crippen molar-refractivity contribution < 1.29 is 19.1 Å². The Kier molecular flexibility index (Phi) is 4.40. The molecule has 0 aliphatic heterocycles. The zero-order valence-electron chi connectivity index (χ0n) is 12.6. The van der Waals surface area contributed by atoms with Gasteiger partial charge in [-0.3, -0.25) is 9.78 Å². The van der Waals surface area contributed by atoms with Crippen molar-refractivity contribution in [3.05, 3.63) is 41.3 Å². The predicted molar refractivity (Wildman–Crippen MR) is 80.2 cm³/mol. The van der Waals surface area contributed by atoms with Gasteiger partial charge < -0.3 is 10.4 Å². The van der Waals surface area contributed by atoms with Crippen molar-refractivity contribution in [3.63, 3.8) is 0 Å². The number of carboxylic acids is 1. The van der Waals surface area contributed by atoms with Crippen LogP contribution in [0.5, 0.6) is 0 Å². The summed E-state index contributed by atoms with van der Waals surface area (Å²) in [7, 11) is 0. The molecule has 5 nitrogen and oxygen atoms in total. The van der Waals surface area contributed by atoms with E-state index < -0.39 is 23.7 Å². The van der Waals surface area contributed by atoms with Crippen LogP contribution in [0.2, 0.25) is 0 Å². The van der Waals surface area contributed by atoms with E-state index in [1.807, 2.05) is 0 Å². The molecule has 0 aliphatic rings. The molecule has 2 rings (SSSR count). The monoisotopic (exact) mass is 304 g/mol. The molecule has 0 aliphatic carbocycles. The molecular formula is C16H17FN2O3. The molecule has 2 aromatic rings. The van der Waals surface area contributed by atoms with Gasteiger partial charge in [-0.05, 0) is 31.0 Å². The molecule has 0 spiro atoms. The van der Waals surface area contributed by atoms with Gasteiger partial charge in [0.25, 0.3) is 5.91 Å². The lowest BCUT2D eigenvalue weighted by molar-refractivity contribution is -0.140. The Balaban J connectivity index is 2.37. The van der Waals surface area contributed by atoms with Crippen molar-refractivity contribution in [3.8, 4) is 0 Å². The van der Waals surface area contributed by atoms with Crippen LogP contribution in [-0.2, 0) is 4.79 Å². The first kappa shape index (κ1) is 15.9. The van der Waals surface area contributed by atoms with Crippen LogP contribution in [0, 0.1) is 18.7 Å². The largest absolute Gasteiger partial charge is 0.480 e. The lowest BCUT2D eigenvalue weighted by Gasteiger charge is -2.18. The summed E-state index contributed by atoms with van der Waals surface area (Å²) in [6, 6.07) is 4.72. The van der Waals surface area contributed by atoms with Gasteiger partial charge in [-0.2, -0.15) is 0 Å². The standard InChI is InChI=1S/C16H17FN2O3/c1-8(2)14(16(21)22)19-15(20)12-6-10-4-5-11(17)7-13(10)18-9(12)3/h4-8,14H,1-3H3,(H,19,20)(H,21,22). The zero-order valence-corrected chi connectivity index (χ0v) is 12.6. The van der Waals surface area contributed by atoms with Crippen molar-refractivity contribution in [1.29, 1.82) is 0 Å². The smallest absolute Gasteiger partial charge is 0.326 e. The van der Waals surface area contributed by atoms with E-state index in [0.717, 1.165) is 0 Å². The normalized spacial score (nSPS) is 12.4. The zero-order chi connectivity index (χ0) is 16.4. The van der Waals surface area contributed by atoms with Crippen molar-refractivity contribution >= 4 is 22.8 Å². The number of aryl methyl sites for hydroxylation is 1. The van der Waals surface area contributed by atoms with Gasteiger partial charge in [0.05, 0.1) is 16.8 Å². The molecule has 0 bridgehead atoms. The quantitative estimate of drug-likeness (QED) is 0.909. The lowest BCUT2D eigenvalue weighted by atomic mass is 10.0. The van der Waals surface area contributed by atoms with E-state index in [2.05, 4.69) is 10.3 Å². The number of pyridine rings is 1. The van der Waals surface area contributed by atoms with Crippen molar-refractivity contribution in [2.24, 2.45) is 5.92 Å². The molecule has 22 heavy (non-hydrogen) atoms. The van der Waals surface area contributed by atoms with Crippen LogP contribution in [0.4, 0.5) is 4.39 Å². The van der Waals surface area contributed by atoms with E-state index >= 15 is 0 Å². The number of aliphatic carboxylic acids is 1. The third-order valence-electron chi connectivity index (χ3n) is 3.43. The number of amides is 1. The highest BCUT2D eigenvalue weighted by molar-refractivity contribution is 6.00. The average molecular weight is 304 g/mol. The first-order chi connectivity index (χ1) is 10.3. The third-order valence-corrected chi connectivity index (χ3v) is 3.43. The molecule has 1 atom stereocenters. The Morgan fingerprint density at radius 2 is 1.95 bits per heavy atom. The number of hydrogen-bond acceptors (Lipinski definition) is 3. The molecule has 1 aromatic heterocycles. The Hall–Kier alpha value is -2.50. The summed E-state index contributed by atoms with van der Waals surface area (Å²) in [5, 5.41) is 12.3. The number of carbonyl (C=O) groups is 2. The van der Waals surface area contributed by atoms with Crippen molar-refractivity contribution in [2.75, 3.05) is 0 Å². The maximum Gasteiger partial charge on any atom is 0.326 e. The Morgan fingerprint density at radius 1 is 1.27 bits per heavy atom. The highest BCUT2D eigenvalue weighted by Crippen LogP contribution is 2.18. The van der Waals surface area contributed by atoms with Crippen LogP contribution in [0.3, 0.4) is 0 Å². The van der Waals surface area contributed by atoms with Gasteiger partial charge in [-0.15, -0.1) is 0 Å². The van der Waals surface area contributed by atoms with Crippen LogP contribution in [-0.4, -0.2) is 28.0 Å². The molecule has 1 heterocycles. The van der Waals surface area contributed by atoms with Gasteiger partial charge in [0.15, 0.2) is 0 Å². The number of rotatable bonds is 4. The molecule has 0 radical (unpaired) electrons. The van der Waals surface area contributed by atoms with E-state index in [9.17, 15) is 14.0 Å². The lowest BCUT2D eigenvalue weighted by Crippen LogP contribution is -2.44. The fourth-order valence-corrected chi connectivity index (χ4v) is 2.20. The molecule has 0 saturated heterocycles. The first-order valence-corrected chi connectivity index (χ1v) is 6.90. The SMILES string of the molecule is Cc1nc2cc(F)ccc2cc1C(=O)NC(C(=O)O)C(C)C.